The molecule has 0 spiro atoms. The van der Waals surface area contributed by atoms with Crippen molar-refractivity contribution >= 4 is 28.9 Å². The number of aldehydes is 1. The van der Waals surface area contributed by atoms with Crippen molar-refractivity contribution in [1.29, 1.82) is 0 Å². The molecule has 0 amide bonds. The standard InChI is InChI=1S/C8H5ClN2O.C2H6/c9-7-3-11-8-5(1-2-10-8)6(7)4-12;1-2/h1-4H,(H,10,11);1-2H3. The van der Waals surface area contributed by atoms with Crippen LogP contribution in [0.25, 0.3) is 11.0 Å². The summed E-state index contributed by atoms with van der Waals surface area (Å²) in [5.41, 5.74) is 1.17. The third-order valence-electron chi connectivity index (χ3n) is 1.70. The summed E-state index contributed by atoms with van der Waals surface area (Å²) >= 11 is 5.75. The van der Waals surface area contributed by atoms with Crippen LogP contribution in [0.15, 0.2) is 18.5 Å². The molecule has 0 saturated heterocycles. The summed E-state index contributed by atoms with van der Waals surface area (Å²) in [5, 5.41) is 1.15. The third kappa shape index (κ3) is 1.77. The minimum atomic E-state index is 0.386. The number of aromatic nitrogens is 2. The minimum absolute atomic E-state index is 0.386. The molecule has 0 aliphatic rings. The number of aromatic amines is 1. The molecule has 2 rings (SSSR count). The van der Waals surface area contributed by atoms with Crippen molar-refractivity contribution in [3.63, 3.8) is 0 Å². The van der Waals surface area contributed by atoms with Gasteiger partial charge < -0.3 is 4.98 Å². The zero-order valence-electron chi connectivity index (χ0n) is 8.04. The number of hydrogen-bond donors (Lipinski definition) is 1. The lowest BCUT2D eigenvalue weighted by molar-refractivity contribution is 0.112. The molecule has 74 valence electrons. The Morgan fingerprint density at radius 1 is 1.50 bits per heavy atom. The quantitative estimate of drug-likeness (QED) is 0.736. The number of carbonyl (C=O) groups excluding carboxylic acids is 1. The fraction of sp³-hybridized carbons (Fsp3) is 0.200. The van der Waals surface area contributed by atoms with Crippen LogP contribution in [0.3, 0.4) is 0 Å². The van der Waals surface area contributed by atoms with Gasteiger partial charge in [0.1, 0.15) is 5.65 Å². The van der Waals surface area contributed by atoms with Crippen molar-refractivity contribution in [3.05, 3.63) is 29.0 Å². The first kappa shape index (κ1) is 10.7. The van der Waals surface area contributed by atoms with Gasteiger partial charge in [0.05, 0.1) is 5.02 Å². The normalized spacial score (nSPS) is 9.36. The SMILES string of the molecule is CC.O=Cc1c(Cl)cnc2[nH]ccc12. The Bertz CT molecular complexity index is 437. The molecule has 0 fully saturated rings. The lowest BCUT2D eigenvalue weighted by Gasteiger charge is -1.95. The molecule has 0 radical (unpaired) electrons. The highest BCUT2D eigenvalue weighted by molar-refractivity contribution is 6.34. The predicted molar refractivity (Wildman–Crippen MR) is 57.8 cm³/mol. The number of carbonyl (C=O) groups is 1. The van der Waals surface area contributed by atoms with Crippen molar-refractivity contribution in [3.8, 4) is 0 Å². The number of hydrogen-bond acceptors (Lipinski definition) is 2. The molecule has 0 bridgehead atoms. The average molecular weight is 211 g/mol. The van der Waals surface area contributed by atoms with Crippen LogP contribution in [0, 0.1) is 0 Å². The number of fused-ring (bicyclic) bond motifs is 1. The first-order chi connectivity index (χ1) is 6.83. The summed E-state index contributed by atoms with van der Waals surface area (Å²) in [7, 11) is 0. The maximum absolute atomic E-state index is 10.6. The summed E-state index contributed by atoms with van der Waals surface area (Å²) in [6.07, 6.45) is 3.92. The fourth-order valence-electron chi connectivity index (χ4n) is 1.12. The van der Waals surface area contributed by atoms with Gasteiger partial charge in [-0.05, 0) is 6.07 Å². The Morgan fingerprint density at radius 2 is 2.21 bits per heavy atom. The Balaban J connectivity index is 0.000000461. The molecule has 0 aliphatic carbocycles. The van der Waals surface area contributed by atoms with Crippen molar-refractivity contribution in [2.75, 3.05) is 0 Å². The Morgan fingerprint density at radius 3 is 2.86 bits per heavy atom. The maximum atomic E-state index is 10.6. The first-order valence-electron chi connectivity index (χ1n) is 4.39. The van der Waals surface area contributed by atoms with Gasteiger partial charge in [0.25, 0.3) is 0 Å². The Hall–Kier alpha value is -1.35. The van der Waals surface area contributed by atoms with Gasteiger partial charge in [0.2, 0.25) is 0 Å². The molecule has 2 aromatic rings. The molecule has 3 nitrogen and oxygen atoms in total. The van der Waals surface area contributed by atoms with Crippen molar-refractivity contribution in [2.24, 2.45) is 0 Å². The van der Waals surface area contributed by atoms with E-state index in [2.05, 4.69) is 9.97 Å². The number of halogens is 1. The lowest BCUT2D eigenvalue weighted by Crippen LogP contribution is -1.85. The molecule has 0 aromatic carbocycles. The van der Waals surface area contributed by atoms with Crippen molar-refractivity contribution in [1.82, 2.24) is 9.97 Å². The summed E-state index contributed by atoms with van der Waals surface area (Å²) in [6, 6.07) is 1.78. The van der Waals surface area contributed by atoms with Gasteiger partial charge in [0, 0.05) is 23.3 Å². The molecule has 0 saturated carbocycles. The van der Waals surface area contributed by atoms with Gasteiger partial charge in [-0.3, -0.25) is 4.79 Å². The van der Waals surface area contributed by atoms with E-state index >= 15 is 0 Å². The summed E-state index contributed by atoms with van der Waals surface area (Å²) in [6.45, 7) is 4.00. The van der Waals surface area contributed by atoms with E-state index in [9.17, 15) is 4.79 Å². The monoisotopic (exact) mass is 210 g/mol. The zero-order chi connectivity index (χ0) is 10.6. The molecule has 0 aliphatic heterocycles. The van der Waals surface area contributed by atoms with Gasteiger partial charge in [-0.1, -0.05) is 25.4 Å². The molecule has 14 heavy (non-hydrogen) atoms. The van der Waals surface area contributed by atoms with Crippen LogP contribution in [0.4, 0.5) is 0 Å². The van der Waals surface area contributed by atoms with Crippen LogP contribution >= 0.6 is 11.6 Å². The second kappa shape index (κ2) is 4.77. The fourth-order valence-corrected chi connectivity index (χ4v) is 1.32. The smallest absolute Gasteiger partial charge is 0.152 e. The number of pyridine rings is 1. The largest absolute Gasteiger partial charge is 0.346 e. The molecule has 0 atom stereocenters. The second-order valence-corrected chi connectivity index (χ2v) is 2.78. The molecular weight excluding hydrogens is 200 g/mol. The average Bonchev–Trinajstić information content (AvgIpc) is 2.69. The summed E-state index contributed by atoms with van der Waals surface area (Å²) in [4.78, 5) is 17.5. The van der Waals surface area contributed by atoms with Crippen molar-refractivity contribution < 1.29 is 4.79 Å². The van der Waals surface area contributed by atoms with E-state index < -0.39 is 0 Å². The third-order valence-corrected chi connectivity index (χ3v) is 2.00. The van der Waals surface area contributed by atoms with E-state index in [-0.39, 0.29) is 0 Å². The van der Waals surface area contributed by atoms with Crippen LogP contribution in [0.2, 0.25) is 5.02 Å². The van der Waals surface area contributed by atoms with Gasteiger partial charge in [-0.15, -0.1) is 0 Å². The van der Waals surface area contributed by atoms with E-state index in [0.29, 0.717) is 16.2 Å². The summed E-state index contributed by atoms with van der Waals surface area (Å²) in [5.74, 6) is 0. The van der Waals surface area contributed by atoms with Crippen molar-refractivity contribution in [2.45, 2.75) is 13.8 Å². The Labute approximate surface area is 87.1 Å². The summed E-state index contributed by atoms with van der Waals surface area (Å²) < 4.78 is 0. The van der Waals surface area contributed by atoms with Gasteiger partial charge >= 0.3 is 0 Å². The van der Waals surface area contributed by atoms with E-state index in [1.165, 1.54) is 6.20 Å². The second-order valence-electron chi connectivity index (χ2n) is 2.38. The van der Waals surface area contributed by atoms with E-state index in [1.807, 2.05) is 13.8 Å². The minimum Gasteiger partial charge on any atom is -0.346 e. The Kier molecular flexibility index (Phi) is 3.65. The predicted octanol–water partition coefficient (Wildman–Crippen LogP) is 3.06. The van der Waals surface area contributed by atoms with E-state index in [0.717, 1.165) is 11.7 Å². The topological polar surface area (TPSA) is 45.8 Å². The van der Waals surface area contributed by atoms with Crippen LogP contribution in [-0.4, -0.2) is 16.3 Å². The highest BCUT2D eigenvalue weighted by atomic mass is 35.5. The van der Waals surface area contributed by atoms with Crippen LogP contribution < -0.4 is 0 Å². The highest BCUT2D eigenvalue weighted by Gasteiger charge is 2.05. The zero-order valence-corrected chi connectivity index (χ0v) is 8.80. The van der Waals surface area contributed by atoms with Gasteiger partial charge in [-0.2, -0.15) is 0 Å². The lowest BCUT2D eigenvalue weighted by atomic mass is 10.2. The first-order valence-corrected chi connectivity index (χ1v) is 4.77. The molecule has 1 N–H and O–H groups in total. The van der Waals surface area contributed by atoms with E-state index in [1.54, 1.807) is 12.3 Å². The number of nitrogens with one attached hydrogen (secondary N) is 1. The highest BCUT2D eigenvalue weighted by Crippen LogP contribution is 2.21. The number of rotatable bonds is 1. The molecule has 0 unspecified atom stereocenters. The number of nitrogens with zero attached hydrogens (tertiary/aromatic N) is 1. The molecule has 2 aromatic heterocycles. The molecular formula is C10H11ClN2O. The van der Waals surface area contributed by atoms with Gasteiger partial charge in [-0.25, -0.2) is 4.98 Å². The van der Waals surface area contributed by atoms with Crippen LogP contribution in [-0.2, 0) is 0 Å². The van der Waals surface area contributed by atoms with Gasteiger partial charge in [0.15, 0.2) is 6.29 Å². The van der Waals surface area contributed by atoms with Crippen LogP contribution in [0.1, 0.15) is 24.2 Å². The van der Waals surface area contributed by atoms with Crippen LogP contribution in [0.5, 0.6) is 0 Å². The maximum Gasteiger partial charge on any atom is 0.152 e. The molecule has 2 heterocycles. The number of H-pyrrole nitrogens is 1. The van der Waals surface area contributed by atoms with E-state index in [4.69, 9.17) is 11.6 Å². The molecule has 4 heteroatoms.